The molecule has 108 valence electrons. The fourth-order valence-electron chi connectivity index (χ4n) is 3.82. The Bertz CT molecular complexity index is 407. The Morgan fingerprint density at radius 1 is 1.21 bits per heavy atom. The standard InChI is InChI=1S/C15H27N3O/c1-11-17-13(19-18-11)6-7-16-12-8-14(2,3)10-15(4,5)9-12/h12,16H,6-10H2,1-5H3. The topological polar surface area (TPSA) is 51.0 Å². The highest BCUT2D eigenvalue weighted by molar-refractivity contribution is 4.92. The molecule has 1 fully saturated rings. The van der Waals surface area contributed by atoms with E-state index < -0.39 is 0 Å². The molecule has 0 aromatic carbocycles. The SMILES string of the molecule is Cc1noc(CCNC2CC(C)(C)CC(C)(C)C2)n1. The summed E-state index contributed by atoms with van der Waals surface area (Å²) in [4.78, 5) is 4.23. The Hall–Kier alpha value is -0.900. The summed E-state index contributed by atoms with van der Waals surface area (Å²) in [5.41, 5.74) is 0.862. The maximum absolute atomic E-state index is 5.13. The van der Waals surface area contributed by atoms with Gasteiger partial charge in [0.1, 0.15) is 0 Å². The van der Waals surface area contributed by atoms with Crippen molar-refractivity contribution in [2.24, 2.45) is 10.8 Å². The highest BCUT2D eigenvalue weighted by atomic mass is 16.5. The van der Waals surface area contributed by atoms with E-state index >= 15 is 0 Å². The molecular weight excluding hydrogens is 238 g/mol. The maximum Gasteiger partial charge on any atom is 0.227 e. The van der Waals surface area contributed by atoms with Crippen molar-refractivity contribution < 1.29 is 4.52 Å². The van der Waals surface area contributed by atoms with Crippen LogP contribution < -0.4 is 5.32 Å². The lowest BCUT2D eigenvalue weighted by molar-refractivity contribution is 0.0852. The summed E-state index contributed by atoms with van der Waals surface area (Å²) < 4.78 is 5.13. The highest BCUT2D eigenvalue weighted by Crippen LogP contribution is 2.45. The molecule has 19 heavy (non-hydrogen) atoms. The second kappa shape index (κ2) is 5.23. The second-order valence-electron chi connectivity index (χ2n) is 7.55. The van der Waals surface area contributed by atoms with E-state index in [1.807, 2.05) is 6.92 Å². The Balaban J connectivity index is 1.82. The van der Waals surface area contributed by atoms with Crippen molar-refractivity contribution in [3.8, 4) is 0 Å². The predicted octanol–water partition coefficient (Wildman–Crippen LogP) is 3.12. The summed E-state index contributed by atoms with van der Waals surface area (Å²) in [6.07, 6.45) is 4.62. The lowest BCUT2D eigenvalue weighted by Crippen LogP contribution is -2.44. The zero-order valence-electron chi connectivity index (χ0n) is 12.9. The molecule has 0 aliphatic heterocycles. The van der Waals surface area contributed by atoms with E-state index in [4.69, 9.17) is 4.52 Å². The third-order valence-electron chi connectivity index (χ3n) is 3.90. The van der Waals surface area contributed by atoms with Gasteiger partial charge in [-0.25, -0.2) is 0 Å². The van der Waals surface area contributed by atoms with Gasteiger partial charge in [0, 0.05) is 19.0 Å². The van der Waals surface area contributed by atoms with Crippen LogP contribution >= 0.6 is 0 Å². The number of nitrogens with one attached hydrogen (secondary N) is 1. The van der Waals surface area contributed by atoms with E-state index in [9.17, 15) is 0 Å². The van der Waals surface area contributed by atoms with Gasteiger partial charge < -0.3 is 9.84 Å². The van der Waals surface area contributed by atoms with Gasteiger partial charge in [0.2, 0.25) is 5.89 Å². The summed E-state index contributed by atoms with van der Waals surface area (Å²) in [5.74, 6) is 1.45. The molecule has 1 saturated carbocycles. The van der Waals surface area contributed by atoms with Gasteiger partial charge in [-0.05, 0) is 37.0 Å². The molecule has 1 N–H and O–H groups in total. The van der Waals surface area contributed by atoms with Crippen LogP contribution in [0.3, 0.4) is 0 Å². The van der Waals surface area contributed by atoms with Crippen LogP contribution in [0.5, 0.6) is 0 Å². The van der Waals surface area contributed by atoms with Gasteiger partial charge in [-0.3, -0.25) is 0 Å². The molecule has 4 heteroatoms. The summed E-state index contributed by atoms with van der Waals surface area (Å²) >= 11 is 0. The fraction of sp³-hybridized carbons (Fsp3) is 0.867. The zero-order chi connectivity index (χ0) is 14.1. The molecule has 0 unspecified atom stereocenters. The third kappa shape index (κ3) is 4.30. The fourth-order valence-corrected chi connectivity index (χ4v) is 3.82. The monoisotopic (exact) mass is 265 g/mol. The number of rotatable bonds is 4. The van der Waals surface area contributed by atoms with Crippen molar-refractivity contribution in [3.63, 3.8) is 0 Å². The maximum atomic E-state index is 5.13. The van der Waals surface area contributed by atoms with Crippen molar-refractivity contribution in [1.82, 2.24) is 15.5 Å². The largest absolute Gasteiger partial charge is 0.339 e. The Kier molecular flexibility index (Phi) is 4.00. The van der Waals surface area contributed by atoms with E-state index in [-0.39, 0.29) is 0 Å². The van der Waals surface area contributed by atoms with Gasteiger partial charge in [0.15, 0.2) is 5.82 Å². The van der Waals surface area contributed by atoms with Crippen molar-refractivity contribution in [3.05, 3.63) is 11.7 Å². The molecule has 0 saturated heterocycles. The van der Waals surface area contributed by atoms with Crippen LogP contribution in [0.25, 0.3) is 0 Å². The molecule has 1 aliphatic rings. The van der Waals surface area contributed by atoms with E-state index in [2.05, 4.69) is 43.2 Å². The number of aryl methyl sites for hydroxylation is 1. The molecule has 0 atom stereocenters. The molecule has 0 bridgehead atoms. The predicted molar refractivity (Wildman–Crippen MR) is 75.9 cm³/mol. The minimum Gasteiger partial charge on any atom is -0.339 e. The molecule has 4 nitrogen and oxygen atoms in total. The number of hydrogen-bond acceptors (Lipinski definition) is 4. The van der Waals surface area contributed by atoms with Gasteiger partial charge in [-0.15, -0.1) is 0 Å². The van der Waals surface area contributed by atoms with E-state index in [0.717, 1.165) is 24.7 Å². The van der Waals surface area contributed by atoms with E-state index in [1.54, 1.807) is 0 Å². The first-order valence-corrected chi connectivity index (χ1v) is 7.28. The quantitative estimate of drug-likeness (QED) is 0.908. The molecule has 1 aromatic heterocycles. The first-order chi connectivity index (χ1) is 8.76. The average Bonchev–Trinajstić information content (AvgIpc) is 2.59. The van der Waals surface area contributed by atoms with Gasteiger partial charge in [0.25, 0.3) is 0 Å². The zero-order valence-corrected chi connectivity index (χ0v) is 12.9. The Morgan fingerprint density at radius 3 is 2.37 bits per heavy atom. The van der Waals surface area contributed by atoms with Crippen LogP contribution in [0.1, 0.15) is 58.7 Å². The Morgan fingerprint density at radius 2 is 1.84 bits per heavy atom. The average molecular weight is 265 g/mol. The first-order valence-electron chi connectivity index (χ1n) is 7.28. The summed E-state index contributed by atoms with van der Waals surface area (Å²) in [5, 5.41) is 7.48. The van der Waals surface area contributed by atoms with Crippen LogP contribution in [0.4, 0.5) is 0 Å². The first kappa shape index (κ1) is 14.5. The van der Waals surface area contributed by atoms with Crippen LogP contribution in [0, 0.1) is 17.8 Å². The summed E-state index contributed by atoms with van der Waals surface area (Å²) in [6, 6.07) is 0.600. The minimum absolute atomic E-state index is 0.431. The minimum atomic E-state index is 0.431. The third-order valence-corrected chi connectivity index (χ3v) is 3.90. The van der Waals surface area contributed by atoms with Crippen molar-refractivity contribution in [2.75, 3.05) is 6.54 Å². The number of aromatic nitrogens is 2. The van der Waals surface area contributed by atoms with E-state index in [0.29, 0.717) is 16.9 Å². The van der Waals surface area contributed by atoms with Crippen LogP contribution in [0.15, 0.2) is 4.52 Å². The van der Waals surface area contributed by atoms with Gasteiger partial charge >= 0.3 is 0 Å². The lowest BCUT2D eigenvalue weighted by Gasteiger charge is -2.45. The molecule has 0 amide bonds. The molecular formula is C15H27N3O. The van der Waals surface area contributed by atoms with Crippen LogP contribution in [0.2, 0.25) is 0 Å². The second-order valence-corrected chi connectivity index (χ2v) is 7.55. The lowest BCUT2D eigenvalue weighted by atomic mass is 9.63. The Labute approximate surface area is 116 Å². The van der Waals surface area contributed by atoms with Crippen LogP contribution in [-0.4, -0.2) is 22.7 Å². The van der Waals surface area contributed by atoms with Gasteiger partial charge in [-0.1, -0.05) is 32.9 Å². The van der Waals surface area contributed by atoms with Gasteiger partial charge in [0.05, 0.1) is 0 Å². The number of nitrogens with zero attached hydrogens (tertiary/aromatic N) is 2. The molecule has 1 aromatic rings. The molecule has 0 radical (unpaired) electrons. The van der Waals surface area contributed by atoms with Crippen molar-refractivity contribution in [2.45, 2.75) is 66.3 Å². The molecule has 2 rings (SSSR count). The smallest absolute Gasteiger partial charge is 0.227 e. The highest BCUT2D eigenvalue weighted by Gasteiger charge is 2.38. The number of hydrogen-bond donors (Lipinski definition) is 1. The molecule has 1 heterocycles. The summed E-state index contributed by atoms with van der Waals surface area (Å²) in [6.45, 7) is 12.3. The van der Waals surface area contributed by atoms with Crippen LogP contribution in [-0.2, 0) is 6.42 Å². The normalized spacial score (nSPS) is 22.6. The summed E-state index contributed by atoms with van der Waals surface area (Å²) in [7, 11) is 0. The van der Waals surface area contributed by atoms with Gasteiger partial charge in [-0.2, -0.15) is 4.98 Å². The van der Waals surface area contributed by atoms with E-state index in [1.165, 1.54) is 19.3 Å². The molecule has 0 spiro atoms. The van der Waals surface area contributed by atoms with Crippen molar-refractivity contribution in [1.29, 1.82) is 0 Å². The van der Waals surface area contributed by atoms with Crippen molar-refractivity contribution >= 4 is 0 Å². The molecule has 1 aliphatic carbocycles.